The summed E-state index contributed by atoms with van der Waals surface area (Å²) in [6.45, 7) is 0. The molecule has 0 bridgehead atoms. The molecule has 0 heterocycles. The first-order chi connectivity index (χ1) is 0. The van der Waals surface area contributed by atoms with Crippen LogP contribution in [0.1, 0.15) is 1.43 Å². The molecule has 4 N–H and O–H groups in total. The molecule has 0 atom stereocenters. The normalized spacial score (nSPS) is 0. The first-order valence-corrected chi connectivity index (χ1v) is 0. The van der Waals surface area contributed by atoms with Crippen molar-refractivity contribution in [2.45, 2.75) is 0 Å². The standard InChI is InChI=1S/K.2H2O.Ti.H/h;2*1H2;;/q+1;;;;-1. The Labute approximate surface area is 83.7 Å². The van der Waals surface area contributed by atoms with E-state index in [1.54, 1.807) is 0 Å². The molecule has 0 rings (SSSR count). The zero-order valence-corrected chi connectivity index (χ0v) is 7.18. The second-order valence-corrected chi connectivity index (χ2v) is 0. The number of hydrogen-bond acceptors (Lipinski definition) is 0. The summed E-state index contributed by atoms with van der Waals surface area (Å²) in [4.78, 5) is 0. The monoisotopic (exact) mass is 124 g/mol. The van der Waals surface area contributed by atoms with Gasteiger partial charge in [-0.05, 0) is 0 Å². The third-order valence-electron chi connectivity index (χ3n) is 0. The fraction of sp³-hybridized carbons (Fsp3) is 0. The summed E-state index contributed by atoms with van der Waals surface area (Å²) >= 11 is 0. The summed E-state index contributed by atoms with van der Waals surface area (Å²) in [6, 6.07) is 0. The summed E-state index contributed by atoms with van der Waals surface area (Å²) in [5, 5.41) is 0. The van der Waals surface area contributed by atoms with Crippen molar-refractivity contribution in [1.82, 2.24) is 0 Å². The van der Waals surface area contributed by atoms with E-state index in [1.165, 1.54) is 0 Å². The van der Waals surface area contributed by atoms with Crippen LogP contribution < -0.4 is 51.4 Å². The van der Waals surface area contributed by atoms with Gasteiger partial charge in [0.05, 0.1) is 0 Å². The summed E-state index contributed by atoms with van der Waals surface area (Å²) in [5.41, 5.74) is 0. The van der Waals surface area contributed by atoms with Crippen LogP contribution in [-0.4, -0.2) is 11.0 Å². The molecule has 0 unspecified atom stereocenters. The average molecular weight is 124 g/mol. The van der Waals surface area contributed by atoms with Gasteiger partial charge in [0.25, 0.3) is 0 Å². The van der Waals surface area contributed by atoms with Crippen LogP contribution in [0.3, 0.4) is 0 Å². The molecule has 0 fully saturated rings. The van der Waals surface area contributed by atoms with Crippen LogP contribution in [0.2, 0.25) is 0 Å². The first kappa shape index (κ1) is 33.8. The Morgan fingerprint density at radius 1 is 1.00 bits per heavy atom. The van der Waals surface area contributed by atoms with E-state index in [9.17, 15) is 0 Å². The minimum atomic E-state index is 0. The van der Waals surface area contributed by atoms with Gasteiger partial charge in [-0.1, -0.05) is 0 Å². The zero-order chi connectivity index (χ0) is 0. The third-order valence-corrected chi connectivity index (χ3v) is 0. The Hall–Kier alpha value is 2.27. The SMILES string of the molecule is O.O.[H-].[K+].[Ti]. The van der Waals surface area contributed by atoms with E-state index in [4.69, 9.17) is 0 Å². The van der Waals surface area contributed by atoms with Gasteiger partial charge in [-0.2, -0.15) is 0 Å². The Balaban J connectivity index is 0. The van der Waals surface area contributed by atoms with Gasteiger partial charge in [0.1, 0.15) is 0 Å². The van der Waals surface area contributed by atoms with Gasteiger partial charge in [0.2, 0.25) is 0 Å². The summed E-state index contributed by atoms with van der Waals surface area (Å²) in [5.74, 6) is 0. The van der Waals surface area contributed by atoms with Crippen molar-refractivity contribution >= 4 is 0 Å². The zero-order valence-electron chi connectivity index (χ0n) is 3.50. The molecule has 0 aliphatic carbocycles. The molecule has 4 heteroatoms. The molecule has 0 amide bonds. The molecular formula is H5KO2Ti. The van der Waals surface area contributed by atoms with Crippen molar-refractivity contribution in [3.8, 4) is 0 Å². The van der Waals surface area contributed by atoms with E-state index in [0.717, 1.165) is 0 Å². The predicted octanol–water partition coefficient (Wildman–Crippen LogP) is -4.54. The van der Waals surface area contributed by atoms with Crippen LogP contribution in [-0.2, 0) is 21.7 Å². The summed E-state index contributed by atoms with van der Waals surface area (Å²) in [6.07, 6.45) is 0. The predicted molar refractivity (Wildman–Crippen MR) is 8.34 cm³/mol. The molecule has 0 saturated carbocycles. The maximum atomic E-state index is 0. The van der Waals surface area contributed by atoms with Crippen molar-refractivity contribution in [3.05, 3.63) is 0 Å². The second-order valence-electron chi connectivity index (χ2n) is 0. The van der Waals surface area contributed by atoms with Gasteiger partial charge in [-0.25, -0.2) is 0 Å². The largest absolute Gasteiger partial charge is 1.00 e. The van der Waals surface area contributed by atoms with Crippen molar-refractivity contribution in [1.29, 1.82) is 0 Å². The molecule has 0 aliphatic rings. The molecule has 4 heavy (non-hydrogen) atoms. The van der Waals surface area contributed by atoms with Crippen LogP contribution in [0, 0.1) is 0 Å². The minimum absolute atomic E-state index is 0. The number of hydrogen-bond donors (Lipinski definition) is 0. The fourth-order valence-corrected chi connectivity index (χ4v) is 0. The van der Waals surface area contributed by atoms with Crippen molar-refractivity contribution in [2.24, 2.45) is 0 Å². The minimum Gasteiger partial charge on any atom is -1.00 e. The van der Waals surface area contributed by atoms with Crippen molar-refractivity contribution in [3.63, 3.8) is 0 Å². The topological polar surface area (TPSA) is 63.0 Å². The average Bonchev–Trinajstić information content (AvgIpc) is 0. The molecule has 2 nitrogen and oxygen atoms in total. The van der Waals surface area contributed by atoms with Crippen molar-refractivity contribution < 1.29 is 85.5 Å². The van der Waals surface area contributed by atoms with Gasteiger partial charge in [0, 0.05) is 21.7 Å². The van der Waals surface area contributed by atoms with Gasteiger partial charge in [-0.15, -0.1) is 0 Å². The molecule has 0 spiro atoms. The first-order valence-electron chi connectivity index (χ1n) is 0. The quantitative estimate of drug-likeness (QED) is 0.292. The van der Waals surface area contributed by atoms with Crippen LogP contribution in [0.25, 0.3) is 0 Å². The molecule has 0 saturated heterocycles. The fourth-order valence-electron chi connectivity index (χ4n) is 0. The van der Waals surface area contributed by atoms with Gasteiger partial charge >= 0.3 is 51.4 Å². The summed E-state index contributed by atoms with van der Waals surface area (Å²) < 4.78 is 0. The number of rotatable bonds is 0. The molecule has 0 aromatic heterocycles. The smallest absolute Gasteiger partial charge is 1.00 e. The van der Waals surface area contributed by atoms with Gasteiger partial charge in [-0.3, -0.25) is 0 Å². The Morgan fingerprint density at radius 3 is 1.00 bits per heavy atom. The van der Waals surface area contributed by atoms with Gasteiger partial charge < -0.3 is 12.4 Å². The van der Waals surface area contributed by atoms with E-state index in [-0.39, 0.29) is 85.5 Å². The summed E-state index contributed by atoms with van der Waals surface area (Å²) in [7, 11) is 0. The molecule has 0 aromatic carbocycles. The van der Waals surface area contributed by atoms with Crippen LogP contribution in [0.4, 0.5) is 0 Å². The molecule has 22 valence electrons. The van der Waals surface area contributed by atoms with Crippen LogP contribution >= 0.6 is 0 Å². The molecule has 0 radical (unpaired) electrons. The third kappa shape index (κ3) is 8.86. The Morgan fingerprint density at radius 2 is 1.00 bits per heavy atom. The molecule has 0 aliphatic heterocycles. The van der Waals surface area contributed by atoms with Crippen LogP contribution in [0.5, 0.6) is 0 Å². The Kier molecular flexibility index (Phi) is 157. The maximum absolute atomic E-state index is 0. The van der Waals surface area contributed by atoms with Crippen LogP contribution in [0.15, 0.2) is 0 Å². The van der Waals surface area contributed by atoms with E-state index < -0.39 is 0 Å². The molecule has 0 aromatic rings. The van der Waals surface area contributed by atoms with E-state index in [0.29, 0.717) is 0 Å². The second kappa shape index (κ2) is 18.6. The van der Waals surface area contributed by atoms with E-state index in [1.807, 2.05) is 0 Å². The van der Waals surface area contributed by atoms with Gasteiger partial charge in [0.15, 0.2) is 0 Å². The van der Waals surface area contributed by atoms with E-state index in [2.05, 4.69) is 0 Å². The van der Waals surface area contributed by atoms with E-state index >= 15 is 0 Å². The van der Waals surface area contributed by atoms with Crippen molar-refractivity contribution in [2.75, 3.05) is 0 Å². The maximum Gasteiger partial charge on any atom is 1.00 e. The molecular weight excluding hydrogens is 119 g/mol. The Bertz CT molecular complexity index is 9.61.